The molecular formula is C10H13N3. The Kier molecular flexibility index (Phi) is 3.30. The summed E-state index contributed by atoms with van der Waals surface area (Å²) in [4.78, 5) is 4.07. The highest BCUT2D eigenvalue weighted by Crippen LogP contribution is 2.11. The van der Waals surface area contributed by atoms with Crippen molar-refractivity contribution in [2.45, 2.75) is 13.3 Å². The summed E-state index contributed by atoms with van der Waals surface area (Å²) in [5.74, 6) is 5.79. The Hall–Kier alpha value is -1.53. The molecule has 0 unspecified atom stereocenters. The minimum atomic E-state index is 0.568. The van der Waals surface area contributed by atoms with Crippen LogP contribution in [0, 0.1) is 18.8 Å². The van der Waals surface area contributed by atoms with Gasteiger partial charge in [0.25, 0.3) is 0 Å². The molecule has 0 aliphatic rings. The van der Waals surface area contributed by atoms with Crippen LogP contribution in [-0.2, 0) is 0 Å². The van der Waals surface area contributed by atoms with E-state index in [0.717, 1.165) is 5.56 Å². The molecule has 0 bridgehead atoms. The predicted molar refractivity (Wildman–Crippen MR) is 53.9 cm³/mol. The summed E-state index contributed by atoms with van der Waals surface area (Å²) in [6.07, 6.45) is 2.38. The van der Waals surface area contributed by atoms with E-state index in [1.54, 1.807) is 6.20 Å². The van der Waals surface area contributed by atoms with Crippen LogP contribution in [0.25, 0.3) is 0 Å². The molecule has 13 heavy (non-hydrogen) atoms. The standard InChI is InChI=1S/C10H13N3/c1-8-5-7-13-9(10(8)12)4-2-3-6-11/h5,7H,3,6,11-12H2,1H3. The second kappa shape index (κ2) is 4.48. The lowest BCUT2D eigenvalue weighted by atomic mass is 10.2. The van der Waals surface area contributed by atoms with Crippen molar-refractivity contribution in [3.05, 3.63) is 23.5 Å². The van der Waals surface area contributed by atoms with Crippen LogP contribution in [-0.4, -0.2) is 11.5 Å². The van der Waals surface area contributed by atoms with Crippen LogP contribution in [0.2, 0.25) is 0 Å². The fourth-order valence-electron chi connectivity index (χ4n) is 0.888. The zero-order valence-electron chi connectivity index (χ0n) is 7.67. The van der Waals surface area contributed by atoms with Crippen molar-refractivity contribution in [1.82, 2.24) is 4.98 Å². The van der Waals surface area contributed by atoms with E-state index in [9.17, 15) is 0 Å². The average molecular weight is 175 g/mol. The second-order valence-electron chi connectivity index (χ2n) is 2.73. The molecule has 0 amide bonds. The number of hydrogen-bond acceptors (Lipinski definition) is 3. The Morgan fingerprint density at radius 2 is 2.31 bits per heavy atom. The molecule has 0 aromatic carbocycles. The molecule has 1 aromatic rings. The van der Waals surface area contributed by atoms with Gasteiger partial charge in [0, 0.05) is 19.2 Å². The van der Waals surface area contributed by atoms with Crippen molar-refractivity contribution in [1.29, 1.82) is 0 Å². The normalized spacial score (nSPS) is 9.08. The molecule has 0 spiro atoms. The lowest BCUT2D eigenvalue weighted by Crippen LogP contribution is -1.98. The first-order valence-corrected chi connectivity index (χ1v) is 4.15. The van der Waals surface area contributed by atoms with Gasteiger partial charge in [-0.05, 0) is 24.5 Å². The lowest BCUT2D eigenvalue weighted by Gasteiger charge is -1.99. The highest BCUT2D eigenvalue weighted by atomic mass is 14.7. The minimum Gasteiger partial charge on any atom is -0.396 e. The highest BCUT2D eigenvalue weighted by Gasteiger charge is 1.98. The van der Waals surface area contributed by atoms with Gasteiger partial charge in [-0.2, -0.15) is 0 Å². The molecule has 3 nitrogen and oxygen atoms in total. The van der Waals surface area contributed by atoms with Crippen molar-refractivity contribution in [3.63, 3.8) is 0 Å². The van der Waals surface area contributed by atoms with Gasteiger partial charge in [-0.25, -0.2) is 4.98 Å². The molecule has 4 N–H and O–H groups in total. The third-order valence-electron chi connectivity index (χ3n) is 1.68. The van der Waals surface area contributed by atoms with Crippen LogP contribution in [0.15, 0.2) is 12.3 Å². The van der Waals surface area contributed by atoms with E-state index < -0.39 is 0 Å². The molecule has 68 valence electrons. The van der Waals surface area contributed by atoms with Gasteiger partial charge >= 0.3 is 0 Å². The first kappa shape index (κ1) is 9.56. The van der Waals surface area contributed by atoms with Crippen molar-refractivity contribution >= 4 is 5.69 Å². The Bertz CT molecular complexity index is 347. The maximum absolute atomic E-state index is 5.77. The molecule has 0 fully saturated rings. The molecule has 0 atom stereocenters. The molecule has 3 heteroatoms. The van der Waals surface area contributed by atoms with Gasteiger partial charge in [-0.15, -0.1) is 0 Å². The molecule has 1 heterocycles. The van der Waals surface area contributed by atoms with Crippen LogP contribution in [0.4, 0.5) is 5.69 Å². The molecule has 1 aromatic heterocycles. The summed E-state index contributed by atoms with van der Waals surface area (Å²) in [5, 5.41) is 0. The van der Waals surface area contributed by atoms with Gasteiger partial charge < -0.3 is 11.5 Å². The molecule has 0 aliphatic heterocycles. The van der Waals surface area contributed by atoms with Crippen molar-refractivity contribution < 1.29 is 0 Å². The fraction of sp³-hybridized carbons (Fsp3) is 0.300. The smallest absolute Gasteiger partial charge is 0.136 e. The van der Waals surface area contributed by atoms with E-state index >= 15 is 0 Å². The van der Waals surface area contributed by atoms with Crippen LogP contribution in [0.1, 0.15) is 17.7 Å². The quantitative estimate of drug-likeness (QED) is 0.617. The van der Waals surface area contributed by atoms with Gasteiger partial charge in [0.05, 0.1) is 5.69 Å². The summed E-state index contributed by atoms with van der Waals surface area (Å²) in [6, 6.07) is 1.86. The predicted octanol–water partition coefficient (Wildman–Crippen LogP) is 0.673. The number of anilines is 1. The Morgan fingerprint density at radius 1 is 1.54 bits per heavy atom. The minimum absolute atomic E-state index is 0.568. The van der Waals surface area contributed by atoms with Crippen LogP contribution in [0.3, 0.4) is 0 Å². The second-order valence-corrected chi connectivity index (χ2v) is 2.73. The van der Waals surface area contributed by atoms with Crippen molar-refractivity contribution in [2.75, 3.05) is 12.3 Å². The average Bonchev–Trinajstić information content (AvgIpc) is 2.13. The zero-order chi connectivity index (χ0) is 9.68. The van der Waals surface area contributed by atoms with Gasteiger partial charge in [-0.3, -0.25) is 0 Å². The molecule has 1 rings (SSSR count). The lowest BCUT2D eigenvalue weighted by molar-refractivity contribution is 1.03. The largest absolute Gasteiger partial charge is 0.396 e. The van der Waals surface area contributed by atoms with E-state index in [-0.39, 0.29) is 0 Å². The van der Waals surface area contributed by atoms with Crippen molar-refractivity contribution in [3.8, 4) is 11.8 Å². The number of nitrogen functional groups attached to an aromatic ring is 1. The van der Waals surface area contributed by atoms with E-state index in [1.807, 2.05) is 13.0 Å². The molecule has 0 aliphatic carbocycles. The van der Waals surface area contributed by atoms with E-state index in [2.05, 4.69) is 16.8 Å². The topological polar surface area (TPSA) is 64.9 Å². The molecule has 0 radical (unpaired) electrons. The zero-order valence-corrected chi connectivity index (χ0v) is 7.67. The third kappa shape index (κ3) is 2.46. The summed E-state index contributed by atoms with van der Waals surface area (Å²) in [5.41, 5.74) is 13.4. The summed E-state index contributed by atoms with van der Waals surface area (Å²) in [6.45, 7) is 2.50. The Morgan fingerprint density at radius 3 is 3.00 bits per heavy atom. The third-order valence-corrected chi connectivity index (χ3v) is 1.68. The molecule has 0 saturated carbocycles. The molecule has 0 saturated heterocycles. The Labute approximate surface area is 78.2 Å². The monoisotopic (exact) mass is 175 g/mol. The Balaban J connectivity index is 2.91. The van der Waals surface area contributed by atoms with Crippen LogP contribution < -0.4 is 11.5 Å². The van der Waals surface area contributed by atoms with Crippen molar-refractivity contribution in [2.24, 2.45) is 5.73 Å². The fourth-order valence-corrected chi connectivity index (χ4v) is 0.888. The summed E-state index contributed by atoms with van der Waals surface area (Å²) in [7, 11) is 0. The number of rotatable bonds is 1. The number of nitrogens with two attached hydrogens (primary N) is 2. The molecular weight excluding hydrogens is 162 g/mol. The number of aromatic nitrogens is 1. The first-order chi connectivity index (χ1) is 6.25. The maximum atomic E-state index is 5.77. The van der Waals surface area contributed by atoms with Crippen LogP contribution >= 0.6 is 0 Å². The number of pyridine rings is 1. The maximum Gasteiger partial charge on any atom is 0.136 e. The SMILES string of the molecule is Cc1ccnc(C#CCCN)c1N. The van der Waals surface area contributed by atoms with Gasteiger partial charge in [-0.1, -0.05) is 5.92 Å². The summed E-state index contributed by atoms with van der Waals surface area (Å²) < 4.78 is 0. The number of hydrogen-bond donors (Lipinski definition) is 2. The van der Waals surface area contributed by atoms with E-state index in [0.29, 0.717) is 24.3 Å². The van der Waals surface area contributed by atoms with Gasteiger partial charge in [0.1, 0.15) is 5.69 Å². The van der Waals surface area contributed by atoms with E-state index in [4.69, 9.17) is 11.5 Å². The summed E-state index contributed by atoms with van der Waals surface area (Å²) >= 11 is 0. The first-order valence-electron chi connectivity index (χ1n) is 4.15. The van der Waals surface area contributed by atoms with Crippen LogP contribution in [0.5, 0.6) is 0 Å². The van der Waals surface area contributed by atoms with Gasteiger partial charge in [0.15, 0.2) is 0 Å². The number of nitrogens with zero attached hydrogens (tertiary/aromatic N) is 1. The van der Waals surface area contributed by atoms with Gasteiger partial charge in [0.2, 0.25) is 0 Å². The van der Waals surface area contributed by atoms with E-state index in [1.165, 1.54) is 0 Å². The highest BCUT2D eigenvalue weighted by molar-refractivity contribution is 5.56. The number of aryl methyl sites for hydroxylation is 1.